The number of nitrogens with zero attached hydrogens (tertiary/aromatic N) is 4. The van der Waals surface area contributed by atoms with Crippen LogP contribution in [-0.2, 0) is 20.0 Å². The third kappa shape index (κ3) is 2.53. The van der Waals surface area contributed by atoms with Gasteiger partial charge in [-0.2, -0.15) is 5.10 Å². The van der Waals surface area contributed by atoms with Crippen molar-refractivity contribution >= 4 is 17.4 Å². The minimum Gasteiger partial charge on any atom is -0.395 e. The first-order valence-electron chi connectivity index (χ1n) is 6.22. The molecule has 0 saturated heterocycles. The summed E-state index contributed by atoms with van der Waals surface area (Å²) < 4.78 is 3.34. The Kier molecular flexibility index (Phi) is 3.98. The number of nitrogens with one attached hydrogen (secondary N) is 1. The average molecular weight is 282 g/mol. The highest BCUT2D eigenvalue weighted by Crippen LogP contribution is 2.32. The van der Waals surface area contributed by atoms with Gasteiger partial charge in [0.05, 0.1) is 11.4 Å². The van der Waals surface area contributed by atoms with E-state index < -0.39 is 0 Å². The number of aromatic amines is 1. The zero-order valence-corrected chi connectivity index (χ0v) is 12.1. The first-order valence-corrected chi connectivity index (χ1v) is 7.04. The number of hydrogen-bond donors (Lipinski definition) is 2. The van der Waals surface area contributed by atoms with Crippen molar-refractivity contribution in [3.05, 3.63) is 16.2 Å². The normalized spacial score (nSPS) is 11.1. The molecule has 2 rings (SSSR count). The van der Waals surface area contributed by atoms with Crippen molar-refractivity contribution in [3.8, 4) is 0 Å². The Hall–Kier alpha value is -1.70. The van der Waals surface area contributed by atoms with Crippen LogP contribution in [0.5, 0.6) is 0 Å². The summed E-state index contributed by atoms with van der Waals surface area (Å²) >= 11 is 1.36. The van der Waals surface area contributed by atoms with Gasteiger partial charge in [-0.25, -0.2) is 9.89 Å². The van der Waals surface area contributed by atoms with Gasteiger partial charge in [0.25, 0.3) is 0 Å². The van der Waals surface area contributed by atoms with Gasteiger partial charge in [-0.05, 0) is 24.6 Å². The van der Waals surface area contributed by atoms with Crippen LogP contribution >= 0.6 is 11.8 Å². The summed E-state index contributed by atoms with van der Waals surface area (Å²) in [6.45, 7) is 4.66. The molecule has 7 nitrogen and oxygen atoms in total. The molecule has 0 aliphatic rings. The minimum atomic E-state index is -0.194. The van der Waals surface area contributed by atoms with E-state index in [1.165, 1.54) is 11.8 Å². The minimum absolute atomic E-state index is 0.194. The third-order valence-electron chi connectivity index (χ3n) is 2.80. The third-order valence-corrected chi connectivity index (χ3v) is 3.97. The lowest BCUT2D eigenvalue weighted by molar-refractivity contribution is 0.602. The molecule has 104 valence electrons. The number of nitrogens with two attached hydrogens (primary N) is 1. The summed E-state index contributed by atoms with van der Waals surface area (Å²) in [7, 11) is 1.84. The maximum Gasteiger partial charge on any atom is 0.343 e. The Morgan fingerprint density at radius 3 is 2.74 bits per heavy atom. The predicted molar refractivity (Wildman–Crippen MR) is 74.3 cm³/mol. The number of nitrogen functional groups attached to an aromatic ring is 1. The van der Waals surface area contributed by atoms with Crippen LogP contribution in [0.3, 0.4) is 0 Å². The highest BCUT2D eigenvalue weighted by atomic mass is 32.2. The van der Waals surface area contributed by atoms with Crippen molar-refractivity contribution < 1.29 is 0 Å². The van der Waals surface area contributed by atoms with Gasteiger partial charge in [0.15, 0.2) is 5.16 Å². The van der Waals surface area contributed by atoms with E-state index in [1.807, 2.05) is 20.9 Å². The van der Waals surface area contributed by atoms with Crippen LogP contribution in [0.4, 0.5) is 5.69 Å². The molecule has 8 heteroatoms. The average Bonchev–Trinajstić information content (AvgIpc) is 2.86. The van der Waals surface area contributed by atoms with Gasteiger partial charge in [-0.1, -0.05) is 13.8 Å². The van der Waals surface area contributed by atoms with E-state index in [-0.39, 0.29) is 5.69 Å². The zero-order valence-electron chi connectivity index (χ0n) is 11.3. The Bertz CT molecular complexity index is 626. The van der Waals surface area contributed by atoms with Crippen LogP contribution in [0.2, 0.25) is 0 Å². The molecule has 0 unspecified atom stereocenters. The second-order valence-corrected chi connectivity index (χ2v) is 5.16. The van der Waals surface area contributed by atoms with E-state index in [2.05, 4.69) is 15.3 Å². The molecule has 19 heavy (non-hydrogen) atoms. The Morgan fingerprint density at radius 2 is 2.16 bits per heavy atom. The first kappa shape index (κ1) is 13.7. The second kappa shape index (κ2) is 5.52. The SMILES string of the molecule is CCCn1c(Sc2c(N)c(CC)nn2C)n[nH]c1=O. The summed E-state index contributed by atoms with van der Waals surface area (Å²) in [6, 6.07) is 0. The Labute approximate surface area is 115 Å². The molecule has 0 radical (unpaired) electrons. The van der Waals surface area contributed by atoms with Crippen LogP contribution < -0.4 is 11.4 Å². The van der Waals surface area contributed by atoms with E-state index in [1.54, 1.807) is 9.25 Å². The van der Waals surface area contributed by atoms with Crippen molar-refractivity contribution in [1.29, 1.82) is 0 Å². The van der Waals surface area contributed by atoms with Gasteiger partial charge in [0.1, 0.15) is 5.03 Å². The van der Waals surface area contributed by atoms with E-state index >= 15 is 0 Å². The number of rotatable bonds is 5. The summed E-state index contributed by atoms with van der Waals surface area (Å²) in [5.41, 5.74) is 7.40. The second-order valence-electron chi connectivity index (χ2n) is 4.21. The molecule has 0 aliphatic carbocycles. The van der Waals surface area contributed by atoms with Crippen molar-refractivity contribution in [2.45, 2.75) is 43.4 Å². The van der Waals surface area contributed by atoms with Gasteiger partial charge >= 0.3 is 5.69 Å². The van der Waals surface area contributed by atoms with Crippen molar-refractivity contribution in [2.75, 3.05) is 5.73 Å². The van der Waals surface area contributed by atoms with Gasteiger partial charge < -0.3 is 5.73 Å². The van der Waals surface area contributed by atoms with Crippen LogP contribution in [0.1, 0.15) is 26.0 Å². The van der Waals surface area contributed by atoms with E-state index in [0.717, 1.165) is 23.6 Å². The maximum absolute atomic E-state index is 11.6. The molecule has 0 amide bonds. The quantitative estimate of drug-likeness (QED) is 0.853. The van der Waals surface area contributed by atoms with Gasteiger partial charge in [0, 0.05) is 13.6 Å². The van der Waals surface area contributed by atoms with Crippen molar-refractivity contribution in [2.24, 2.45) is 7.05 Å². The number of hydrogen-bond acceptors (Lipinski definition) is 5. The number of anilines is 1. The van der Waals surface area contributed by atoms with Crippen LogP contribution in [0, 0.1) is 0 Å². The van der Waals surface area contributed by atoms with Gasteiger partial charge in [-0.15, -0.1) is 5.10 Å². The molecule has 0 aromatic carbocycles. The molecular formula is C11H18N6OS. The molecule has 0 bridgehead atoms. The van der Waals surface area contributed by atoms with Gasteiger partial charge in [-0.3, -0.25) is 9.25 Å². The lowest BCUT2D eigenvalue weighted by atomic mass is 10.3. The highest BCUT2D eigenvalue weighted by molar-refractivity contribution is 7.99. The fourth-order valence-corrected chi connectivity index (χ4v) is 2.80. The molecule has 2 heterocycles. The molecule has 3 N–H and O–H groups in total. The molecule has 0 aliphatic heterocycles. The Morgan fingerprint density at radius 1 is 1.42 bits per heavy atom. The van der Waals surface area contributed by atoms with E-state index in [4.69, 9.17) is 5.73 Å². The molecule has 0 fully saturated rings. The lowest BCUT2D eigenvalue weighted by Gasteiger charge is -2.04. The van der Waals surface area contributed by atoms with Crippen molar-refractivity contribution in [3.63, 3.8) is 0 Å². The molecular weight excluding hydrogens is 264 g/mol. The van der Waals surface area contributed by atoms with Crippen LogP contribution in [0.25, 0.3) is 0 Å². The fraction of sp³-hybridized carbons (Fsp3) is 0.545. The molecule has 2 aromatic rings. The summed E-state index contributed by atoms with van der Waals surface area (Å²) in [4.78, 5) is 11.6. The predicted octanol–water partition coefficient (Wildman–Crippen LogP) is 1.01. The first-order chi connectivity index (χ1) is 9.08. The number of aryl methyl sites for hydroxylation is 2. The molecule has 2 aromatic heterocycles. The van der Waals surface area contributed by atoms with Crippen LogP contribution in [-0.4, -0.2) is 24.5 Å². The van der Waals surface area contributed by atoms with Crippen molar-refractivity contribution in [1.82, 2.24) is 24.5 Å². The summed E-state index contributed by atoms with van der Waals surface area (Å²) in [5.74, 6) is 0. The summed E-state index contributed by atoms with van der Waals surface area (Å²) in [6.07, 6.45) is 1.65. The number of H-pyrrole nitrogens is 1. The molecule has 0 saturated carbocycles. The standard InChI is InChI=1S/C11H18N6OS/c1-4-6-17-10(18)13-14-11(17)19-9-8(12)7(5-2)15-16(9)3/h4-6,12H2,1-3H3,(H,13,18). The molecule has 0 atom stereocenters. The van der Waals surface area contributed by atoms with E-state index in [0.29, 0.717) is 17.4 Å². The Balaban J connectivity index is 2.36. The van der Waals surface area contributed by atoms with Crippen LogP contribution in [0.15, 0.2) is 15.0 Å². The topological polar surface area (TPSA) is 94.5 Å². The highest BCUT2D eigenvalue weighted by Gasteiger charge is 2.17. The van der Waals surface area contributed by atoms with E-state index in [9.17, 15) is 4.79 Å². The zero-order chi connectivity index (χ0) is 14.0. The molecule has 0 spiro atoms. The smallest absolute Gasteiger partial charge is 0.343 e. The monoisotopic (exact) mass is 282 g/mol. The maximum atomic E-state index is 11.6. The largest absolute Gasteiger partial charge is 0.395 e. The number of aromatic nitrogens is 5. The fourth-order valence-electron chi connectivity index (χ4n) is 1.85. The lowest BCUT2D eigenvalue weighted by Crippen LogP contribution is -2.17. The summed E-state index contributed by atoms with van der Waals surface area (Å²) in [5, 5.41) is 12.3. The van der Waals surface area contributed by atoms with Gasteiger partial charge in [0.2, 0.25) is 0 Å².